The SMILES string of the molecule is NC(=O)c1cccc(C(=O)N2CCNCC2C(=O)O)c1. The molecule has 2 rings (SSSR count). The lowest BCUT2D eigenvalue weighted by molar-refractivity contribution is -0.142. The number of hydrogen-bond acceptors (Lipinski definition) is 4. The second-order valence-electron chi connectivity index (χ2n) is 4.50. The molecule has 7 nitrogen and oxygen atoms in total. The zero-order valence-corrected chi connectivity index (χ0v) is 10.7. The molecule has 1 aromatic carbocycles. The Morgan fingerprint density at radius 1 is 1.30 bits per heavy atom. The van der Waals surface area contributed by atoms with Gasteiger partial charge < -0.3 is 21.1 Å². The van der Waals surface area contributed by atoms with Crippen molar-refractivity contribution < 1.29 is 19.5 Å². The molecular weight excluding hydrogens is 262 g/mol. The van der Waals surface area contributed by atoms with Crippen LogP contribution in [0.15, 0.2) is 24.3 Å². The number of nitrogens with zero attached hydrogens (tertiary/aromatic N) is 1. The molecule has 2 amide bonds. The molecule has 1 aliphatic heterocycles. The zero-order chi connectivity index (χ0) is 14.7. The first-order chi connectivity index (χ1) is 9.50. The number of hydrogen-bond donors (Lipinski definition) is 3. The van der Waals surface area contributed by atoms with Crippen LogP contribution < -0.4 is 11.1 Å². The quantitative estimate of drug-likeness (QED) is 0.675. The van der Waals surface area contributed by atoms with Crippen LogP contribution in [0.3, 0.4) is 0 Å². The van der Waals surface area contributed by atoms with E-state index in [1.807, 2.05) is 0 Å². The number of nitrogens with one attached hydrogen (secondary N) is 1. The number of benzene rings is 1. The summed E-state index contributed by atoms with van der Waals surface area (Å²) in [6.07, 6.45) is 0. The molecule has 4 N–H and O–H groups in total. The molecule has 0 aromatic heterocycles. The summed E-state index contributed by atoms with van der Waals surface area (Å²) >= 11 is 0. The Morgan fingerprint density at radius 3 is 2.65 bits per heavy atom. The van der Waals surface area contributed by atoms with Crippen LogP contribution in [-0.4, -0.2) is 53.5 Å². The van der Waals surface area contributed by atoms with Gasteiger partial charge in [-0.15, -0.1) is 0 Å². The average Bonchev–Trinajstić information content (AvgIpc) is 2.46. The third-order valence-corrected chi connectivity index (χ3v) is 3.18. The van der Waals surface area contributed by atoms with E-state index in [0.717, 1.165) is 0 Å². The maximum Gasteiger partial charge on any atom is 0.327 e. The van der Waals surface area contributed by atoms with Crippen LogP contribution in [0.2, 0.25) is 0 Å². The van der Waals surface area contributed by atoms with Crippen molar-refractivity contribution in [3.63, 3.8) is 0 Å². The van der Waals surface area contributed by atoms with Crippen LogP contribution in [0.1, 0.15) is 20.7 Å². The fourth-order valence-electron chi connectivity index (χ4n) is 2.14. The van der Waals surface area contributed by atoms with E-state index in [0.29, 0.717) is 13.1 Å². The minimum atomic E-state index is -1.06. The second kappa shape index (κ2) is 5.70. The molecule has 0 spiro atoms. The molecule has 1 unspecified atom stereocenters. The highest BCUT2D eigenvalue weighted by molar-refractivity contribution is 6.00. The summed E-state index contributed by atoms with van der Waals surface area (Å²) in [7, 11) is 0. The van der Waals surface area contributed by atoms with Crippen LogP contribution in [0.4, 0.5) is 0 Å². The fraction of sp³-hybridized carbons (Fsp3) is 0.308. The second-order valence-corrected chi connectivity index (χ2v) is 4.50. The lowest BCUT2D eigenvalue weighted by Crippen LogP contribution is -2.57. The molecule has 106 valence electrons. The van der Waals surface area contributed by atoms with Gasteiger partial charge in [-0.25, -0.2) is 4.79 Å². The van der Waals surface area contributed by atoms with Crippen molar-refractivity contribution >= 4 is 17.8 Å². The van der Waals surface area contributed by atoms with Gasteiger partial charge in [0.2, 0.25) is 5.91 Å². The maximum absolute atomic E-state index is 12.4. The summed E-state index contributed by atoms with van der Waals surface area (Å²) < 4.78 is 0. The predicted molar refractivity (Wildman–Crippen MR) is 70.3 cm³/mol. The number of carbonyl (C=O) groups is 3. The zero-order valence-electron chi connectivity index (χ0n) is 10.7. The van der Waals surface area contributed by atoms with Gasteiger partial charge in [-0.1, -0.05) is 6.07 Å². The highest BCUT2D eigenvalue weighted by Gasteiger charge is 2.32. The van der Waals surface area contributed by atoms with E-state index >= 15 is 0 Å². The minimum Gasteiger partial charge on any atom is -0.480 e. The van der Waals surface area contributed by atoms with Gasteiger partial charge in [0, 0.05) is 30.8 Å². The number of primary amides is 1. The van der Waals surface area contributed by atoms with E-state index in [9.17, 15) is 14.4 Å². The van der Waals surface area contributed by atoms with Crippen molar-refractivity contribution in [2.24, 2.45) is 5.73 Å². The predicted octanol–water partition coefficient (Wildman–Crippen LogP) is -0.716. The molecule has 1 atom stereocenters. The van der Waals surface area contributed by atoms with Gasteiger partial charge in [-0.05, 0) is 18.2 Å². The number of aliphatic carboxylic acids is 1. The molecule has 1 fully saturated rings. The number of piperazine rings is 1. The first-order valence-electron chi connectivity index (χ1n) is 6.15. The number of rotatable bonds is 3. The molecule has 1 heterocycles. The normalized spacial score (nSPS) is 18.6. The van der Waals surface area contributed by atoms with Crippen LogP contribution in [0.25, 0.3) is 0 Å². The van der Waals surface area contributed by atoms with E-state index in [2.05, 4.69) is 5.32 Å². The Kier molecular flexibility index (Phi) is 3.99. The van der Waals surface area contributed by atoms with Gasteiger partial charge >= 0.3 is 5.97 Å². The third-order valence-electron chi connectivity index (χ3n) is 3.18. The maximum atomic E-state index is 12.4. The monoisotopic (exact) mass is 277 g/mol. The van der Waals surface area contributed by atoms with E-state index < -0.39 is 23.8 Å². The van der Waals surface area contributed by atoms with Crippen molar-refractivity contribution in [2.45, 2.75) is 6.04 Å². The molecule has 1 saturated heterocycles. The Hall–Kier alpha value is -2.41. The molecular formula is C13H15N3O4. The van der Waals surface area contributed by atoms with Crippen LogP contribution in [0.5, 0.6) is 0 Å². The number of amides is 2. The van der Waals surface area contributed by atoms with E-state index in [1.54, 1.807) is 6.07 Å². The first kappa shape index (κ1) is 14.0. The lowest BCUT2D eigenvalue weighted by atomic mass is 10.1. The molecule has 1 aliphatic rings. The summed E-state index contributed by atoms with van der Waals surface area (Å²) in [5.41, 5.74) is 5.65. The van der Waals surface area contributed by atoms with E-state index in [4.69, 9.17) is 10.8 Å². The summed E-state index contributed by atoms with van der Waals surface area (Å²) in [6.45, 7) is 1.04. The number of nitrogens with two attached hydrogens (primary N) is 1. The number of carboxylic acids is 1. The van der Waals surface area contributed by atoms with Crippen molar-refractivity contribution in [1.29, 1.82) is 0 Å². The summed E-state index contributed by atoms with van der Waals surface area (Å²) in [5, 5.41) is 12.1. The topological polar surface area (TPSA) is 113 Å². The minimum absolute atomic E-state index is 0.205. The first-order valence-corrected chi connectivity index (χ1v) is 6.15. The molecule has 0 saturated carbocycles. The lowest BCUT2D eigenvalue weighted by Gasteiger charge is -2.33. The number of carboxylic acid groups (broad SMARTS) is 1. The Labute approximate surface area is 115 Å². The highest BCUT2D eigenvalue weighted by atomic mass is 16.4. The van der Waals surface area contributed by atoms with E-state index in [-0.39, 0.29) is 17.7 Å². The summed E-state index contributed by atoms with van der Waals surface area (Å²) in [6, 6.07) is 5.06. The van der Waals surface area contributed by atoms with Crippen molar-refractivity contribution in [3.8, 4) is 0 Å². The molecule has 0 bridgehead atoms. The molecule has 1 aromatic rings. The van der Waals surface area contributed by atoms with Gasteiger partial charge in [-0.2, -0.15) is 0 Å². The van der Waals surface area contributed by atoms with Gasteiger partial charge in [-0.3, -0.25) is 9.59 Å². The van der Waals surface area contributed by atoms with Crippen LogP contribution >= 0.6 is 0 Å². The van der Waals surface area contributed by atoms with Crippen molar-refractivity contribution in [3.05, 3.63) is 35.4 Å². The van der Waals surface area contributed by atoms with Gasteiger partial charge in [0.15, 0.2) is 0 Å². The Morgan fingerprint density at radius 2 is 2.00 bits per heavy atom. The third kappa shape index (κ3) is 2.77. The molecule has 20 heavy (non-hydrogen) atoms. The summed E-state index contributed by atoms with van der Waals surface area (Å²) in [5.74, 6) is -2.10. The largest absolute Gasteiger partial charge is 0.480 e. The standard InChI is InChI=1S/C13H15N3O4/c14-11(17)8-2-1-3-9(6-8)12(18)16-5-4-15-7-10(16)13(19)20/h1-3,6,10,15H,4-5,7H2,(H2,14,17)(H,19,20). The molecule has 0 radical (unpaired) electrons. The average molecular weight is 277 g/mol. The Bertz CT molecular complexity index is 558. The van der Waals surface area contributed by atoms with Gasteiger partial charge in [0.05, 0.1) is 0 Å². The fourth-order valence-corrected chi connectivity index (χ4v) is 2.14. The molecule has 7 heteroatoms. The Balaban J connectivity index is 2.27. The summed E-state index contributed by atoms with van der Waals surface area (Å²) in [4.78, 5) is 35.9. The van der Waals surface area contributed by atoms with Crippen molar-refractivity contribution in [1.82, 2.24) is 10.2 Å². The highest BCUT2D eigenvalue weighted by Crippen LogP contribution is 2.12. The van der Waals surface area contributed by atoms with E-state index in [1.165, 1.54) is 23.1 Å². The van der Waals surface area contributed by atoms with Crippen molar-refractivity contribution in [2.75, 3.05) is 19.6 Å². The molecule has 0 aliphatic carbocycles. The van der Waals surface area contributed by atoms with Crippen LogP contribution in [0, 0.1) is 0 Å². The number of carbonyl (C=O) groups excluding carboxylic acids is 2. The smallest absolute Gasteiger partial charge is 0.327 e. The van der Waals surface area contributed by atoms with Gasteiger partial charge in [0.1, 0.15) is 6.04 Å². The van der Waals surface area contributed by atoms with Crippen LogP contribution in [-0.2, 0) is 4.79 Å². The van der Waals surface area contributed by atoms with Gasteiger partial charge in [0.25, 0.3) is 5.91 Å².